The molecule has 0 N–H and O–H groups in total. The minimum Gasteiger partial charge on any atom is -0.256 e. The number of pyridine rings is 1. The molecule has 6 aromatic carbocycles. The highest BCUT2D eigenvalue weighted by atomic mass is 32.1. The second kappa shape index (κ2) is 7.99. The van der Waals surface area contributed by atoms with Crippen LogP contribution in [0, 0.1) is 0 Å². The number of hydrogen-bond acceptors (Lipinski definition) is 2. The average molecular weight is 488 g/mol. The van der Waals surface area contributed by atoms with Crippen LogP contribution in [0.2, 0.25) is 0 Å². The normalized spacial score (nSPS) is 11.8. The fraction of sp³-hybridized carbons (Fsp3) is 0. The second-order valence-corrected chi connectivity index (χ2v) is 10.6. The minimum atomic E-state index is 1.04. The molecule has 172 valence electrons. The molecule has 1 nitrogen and oxygen atoms in total. The Balaban J connectivity index is 1.35. The van der Waals surface area contributed by atoms with E-state index in [0.29, 0.717) is 0 Å². The zero-order valence-corrected chi connectivity index (χ0v) is 20.8. The molecule has 8 rings (SSSR count). The molecule has 0 fully saturated rings. The number of benzene rings is 6. The van der Waals surface area contributed by atoms with Gasteiger partial charge in [-0.25, -0.2) is 0 Å². The van der Waals surface area contributed by atoms with Crippen molar-refractivity contribution in [1.82, 2.24) is 4.98 Å². The molecule has 0 aliphatic rings. The molecule has 2 heterocycles. The van der Waals surface area contributed by atoms with Crippen LogP contribution in [0.3, 0.4) is 0 Å². The van der Waals surface area contributed by atoms with Crippen molar-refractivity contribution in [2.24, 2.45) is 0 Å². The smallest absolute Gasteiger partial charge is 0.0780 e. The van der Waals surface area contributed by atoms with Gasteiger partial charge in [0.05, 0.1) is 5.69 Å². The fourth-order valence-electron chi connectivity index (χ4n) is 5.77. The lowest BCUT2D eigenvalue weighted by Gasteiger charge is -2.11. The lowest BCUT2D eigenvalue weighted by Crippen LogP contribution is -1.87. The highest BCUT2D eigenvalue weighted by Crippen LogP contribution is 2.42. The highest BCUT2D eigenvalue weighted by Gasteiger charge is 2.14. The molecule has 0 bridgehead atoms. The topological polar surface area (TPSA) is 12.9 Å². The molecule has 8 aromatic rings. The summed E-state index contributed by atoms with van der Waals surface area (Å²) in [5.74, 6) is 0. The zero-order chi connectivity index (χ0) is 24.3. The predicted octanol–water partition coefficient (Wildman–Crippen LogP) is 10.2. The third-order valence-corrected chi connectivity index (χ3v) is 8.73. The van der Waals surface area contributed by atoms with Gasteiger partial charge in [0.2, 0.25) is 0 Å². The molecule has 0 unspecified atom stereocenters. The van der Waals surface area contributed by atoms with Crippen molar-refractivity contribution < 1.29 is 0 Å². The van der Waals surface area contributed by atoms with Crippen LogP contribution in [0.1, 0.15) is 0 Å². The standard InChI is InChI=1S/C35H21NS/c1-2-7-22(8-3-1)26-11-6-12-32-30-16-14-24(21-33(30)37-35(26)32)34-31-18-17-27-25-10-5-4-9-23(25)13-15-28(27)29(31)19-20-36-34/h1-21H. The molecule has 2 aromatic heterocycles. The lowest BCUT2D eigenvalue weighted by atomic mass is 9.95. The van der Waals surface area contributed by atoms with Crippen LogP contribution in [0.5, 0.6) is 0 Å². The maximum Gasteiger partial charge on any atom is 0.0780 e. The summed E-state index contributed by atoms with van der Waals surface area (Å²) in [6.07, 6.45) is 1.95. The number of rotatable bonds is 2. The van der Waals surface area contributed by atoms with E-state index in [9.17, 15) is 0 Å². The van der Waals surface area contributed by atoms with Gasteiger partial charge in [0.25, 0.3) is 0 Å². The van der Waals surface area contributed by atoms with Gasteiger partial charge in [0, 0.05) is 37.3 Å². The maximum absolute atomic E-state index is 4.88. The number of aromatic nitrogens is 1. The van der Waals surface area contributed by atoms with E-state index in [-0.39, 0.29) is 0 Å². The summed E-state index contributed by atoms with van der Waals surface area (Å²) in [6.45, 7) is 0. The first-order valence-corrected chi connectivity index (χ1v) is 13.4. The van der Waals surface area contributed by atoms with Crippen molar-refractivity contribution in [2.75, 3.05) is 0 Å². The number of thiophene rings is 1. The SMILES string of the molecule is c1ccc(-c2cccc3c2sc2cc(-c4nccc5c4ccc4c6ccccc6ccc54)ccc23)cc1. The summed E-state index contributed by atoms with van der Waals surface area (Å²) in [6, 6.07) is 43.9. The van der Waals surface area contributed by atoms with E-state index < -0.39 is 0 Å². The molecule has 0 amide bonds. The molecule has 0 atom stereocenters. The van der Waals surface area contributed by atoms with E-state index in [1.54, 1.807) is 0 Å². The van der Waals surface area contributed by atoms with E-state index >= 15 is 0 Å². The van der Waals surface area contributed by atoms with Crippen LogP contribution in [0.25, 0.3) is 74.9 Å². The zero-order valence-electron chi connectivity index (χ0n) is 20.0. The van der Waals surface area contributed by atoms with E-state index in [1.165, 1.54) is 63.6 Å². The monoisotopic (exact) mass is 487 g/mol. The number of nitrogens with zero attached hydrogens (tertiary/aromatic N) is 1. The molecule has 37 heavy (non-hydrogen) atoms. The van der Waals surface area contributed by atoms with Crippen LogP contribution in [0.4, 0.5) is 0 Å². The molecular weight excluding hydrogens is 466 g/mol. The lowest BCUT2D eigenvalue weighted by molar-refractivity contribution is 1.36. The van der Waals surface area contributed by atoms with Crippen molar-refractivity contribution >= 4 is 63.8 Å². The molecule has 0 saturated carbocycles. The van der Waals surface area contributed by atoms with Crippen molar-refractivity contribution in [3.63, 3.8) is 0 Å². The molecular formula is C35H21NS. The quantitative estimate of drug-likeness (QED) is 0.221. The van der Waals surface area contributed by atoms with Gasteiger partial charge in [0.15, 0.2) is 0 Å². The first kappa shape index (κ1) is 20.6. The Morgan fingerprint density at radius 1 is 0.459 bits per heavy atom. The van der Waals surface area contributed by atoms with Crippen LogP contribution >= 0.6 is 11.3 Å². The minimum absolute atomic E-state index is 1.04. The third-order valence-electron chi connectivity index (χ3n) is 7.52. The summed E-state index contributed by atoms with van der Waals surface area (Å²) in [7, 11) is 0. The fourth-order valence-corrected chi connectivity index (χ4v) is 7.05. The van der Waals surface area contributed by atoms with Gasteiger partial charge in [-0.2, -0.15) is 0 Å². The van der Waals surface area contributed by atoms with Crippen LogP contribution in [-0.2, 0) is 0 Å². The molecule has 0 aliphatic carbocycles. The van der Waals surface area contributed by atoms with Gasteiger partial charge in [-0.3, -0.25) is 4.98 Å². The number of fused-ring (bicyclic) bond motifs is 8. The Morgan fingerprint density at radius 3 is 2.14 bits per heavy atom. The molecule has 0 saturated heterocycles. The average Bonchev–Trinajstić information content (AvgIpc) is 3.35. The highest BCUT2D eigenvalue weighted by molar-refractivity contribution is 7.26. The Bertz CT molecular complexity index is 2140. The van der Waals surface area contributed by atoms with E-state index in [4.69, 9.17) is 4.98 Å². The van der Waals surface area contributed by atoms with Gasteiger partial charge >= 0.3 is 0 Å². The van der Waals surface area contributed by atoms with Gasteiger partial charge in [-0.05, 0) is 50.2 Å². The summed E-state index contributed by atoms with van der Waals surface area (Å²) >= 11 is 1.87. The summed E-state index contributed by atoms with van der Waals surface area (Å²) < 4.78 is 2.63. The van der Waals surface area contributed by atoms with E-state index in [0.717, 1.165) is 11.3 Å². The van der Waals surface area contributed by atoms with Gasteiger partial charge in [0.1, 0.15) is 0 Å². The van der Waals surface area contributed by atoms with Gasteiger partial charge in [-0.15, -0.1) is 11.3 Å². The third kappa shape index (κ3) is 3.13. The molecule has 0 spiro atoms. The largest absolute Gasteiger partial charge is 0.256 e. The van der Waals surface area contributed by atoms with Crippen molar-refractivity contribution in [3.05, 3.63) is 128 Å². The van der Waals surface area contributed by atoms with Gasteiger partial charge < -0.3 is 0 Å². The molecule has 2 heteroatoms. The molecule has 0 aliphatic heterocycles. The van der Waals surface area contributed by atoms with Crippen LogP contribution in [0.15, 0.2) is 128 Å². The Kier molecular flexibility index (Phi) is 4.46. The number of hydrogen-bond donors (Lipinski definition) is 0. The van der Waals surface area contributed by atoms with Crippen molar-refractivity contribution in [3.8, 4) is 22.4 Å². The second-order valence-electron chi connectivity index (χ2n) is 9.56. The van der Waals surface area contributed by atoms with Crippen molar-refractivity contribution in [1.29, 1.82) is 0 Å². The summed E-state index contributed by atoms with van der Waals surface area (Å²) in [5.41, 5.74) is 4.75. The van der Waals surface area contributed by atoms with Gasteiger partial charge in [-0.1, -0.05) is 109 Å². The Hall–Kier alpha value is -4.53. The predicted molar refractivity (Wildman–Crippen MR) is 161 cm³/mol. The summed E-state index contributed by atoms with van der Waals surface area (Å²) in [4.78, 5) is 4.88. The van der Waals surface area contributed by atoms with Crippen LogP contribution in [-0.4, -0.2) is 4.98 Å². The van der Waals surface area contributed by atoms with Crippen molar-refractivity contribution in [2.45, 2.75) is 0 Å². The maximum atomic E-state index is 4.88. The first-order valence-electron chi connectivity index (χ1n) is 12.6. The molecule has 0 radical (unpaired) electrons. The van der Waals surface area contributed by atoms with Crippen LogP contribution < -0.4 is 0 Å². The Morgan fingerprint density at radius 2 is 1.19 bits per heavy atom. The Labute approximate surface area is 218 Å². The van der Waals surface area contributed by atoms with E-state index in [1.807, 2.05) is 17.5 Å². The first-order chi connectivity index (χ1) is 18.3. The van der Waals surface area contributed by atoms with E-state index in [2.05, 4.69) is 121 Å². The summed E-state index contributed by atoms with van der Waals surface area (Å²) in [5, 5.41) is 10.2.